The smallest absolute Gasteiger partial charge is 0.413 e. The van der Waals surface area contributed by atoms with Crippen LogP contribution in [0.15, 0.2) is 67.3 Å². The Morgan fingerprint density at radius 1 is 0.943 bits per heavy atom. The van der Waals surface area contributed by atoms with Crippen molar-refractivity contribution in [1.29, 1.82) is 0 Å². The van der Waals surface area contributed by atoms with Crippen molar-refractivity contribution in [3.05, 3.63) is 72.8 Å². The van der Waals surface area contributed by atoms with Crippen molar-refractivity contribution < 1.29 is 27.8 Å². The van der Waals surface area contributed by atoms with Gasteiger partial charge < -0.3 is 25.4 Å². The lowest BCUT2D eigenvalue weighted by molar-refractivity contribution is -0.124. The maximum absolute atomic E-state index is 12.8. The number of aromatic nitrogens is 2. The van der Waals surface area contributed by atoms with E-state index in [9.17, 15) is 18.4 Å². The molecule has 0 bridgehead atoms. The fourth-order valence-electron chi connectivity index (χ4n) is 3.36. The Hall–Kier alpha value is -4.28. The number of rotatable bonds is 9. The van der Waals surface area contributed by atoms with Gasteiger partial charge in [0.2, 0.25) is 5.91 Å². The molecule has 1 aromatic heterocycles. The molecule has 1 aliphatic rings. The Morgan fingerprint density at radius 2 is 1.54 bits per heavy atom. The van der Waals surface area contributed by atoms with Gasteiger partial charge in [-0.15, -0.1) is 0 Å². The number of carbonyl (C=O) groups excluding carboxylic acids is 2. The second kappa shape index (κ2) is 10.3. The van der Waals surface area contributed by atoms with Crippen LogP contribution in [0.4, 0.5) is 25.0 Å². The highest BCUT2D eigenvalue weighted by Crippen LogP contribution is 2.36. The SMILES string of the molecule is CC(NC(=O)C1(NC(=O)Oc2cncnc2)CC1)c1ccc(Nc2ccc(OC(F)F)cc2)cc1. The number of hydrogen-bond acceptors (Lipinski definition) is 7. The molecule has 11 heteroatoms. The molecule has 0 aliphatic heterocycles. The van der Waals surface area contributed by atoms with E-state index in [4.69, 9.17) is 4.74 Å². The largest absolute Gasteiger partial charge is 0.435 e. The predicted octanol–water partition coefficient (Wildman–Crippen LogP) is 4.32. The van der Waals surface area contributed by atoms with Gasteiger partial charge in [0.15, 0.2) is 5.75 Å². The number of nitrogens with zero attached hydrogens (tertiary/aromatic N) is 2. The number of carbonyl (C=O) groups is 2. The Morgan fingerprint density at radius 3 is 2.11 bits per heavy atom. The van der Waals surface area contributed by atoms with Gasteiger partial charge in [0.05, 0.1) is 18.4 Å². The van der Waals surface area contributed by atoms with Crippen molar-refractivity contribution >= 4 is 23.4 Å². The minimum absolute atomic E-state index is 0.0794. The standard InChI is InChI=1S/C24H23F2N5O4/c1-15(29-21(32)24(10-11-24)31-23(33)35-20-12-27-14-28-13-20)16-2-4-17(5-3-16)30-18-6-8-19(9-7-18)34-22(25)26/h2-9,12-15,22,30H,10-11H2,1H3,(H,29,32)(H,31,33). The van der Waals surface area contributed by atoms with Crippen molar-refractivity contribution in [1.82, 2.24) is 20.6 Å². The van der Waals surface area contributed by atoms with Gasteiger partial charge >= 0.3 is 12.7 Å². The van der Waals surface area contributed by atoms with E-state index >= 15 is 0 Å². The Bertz CT molecular complexity index is 1160. The van der Waals surface area contributed by atoms with E-state index in [1.807, 2.05) is 31.2 Å². The summed E-state index contributed by atoms with van der Waals surface area (Å²) in [5, 5.41) is 8.73. The minimum Gasteiger partial charge on any atom is -0.435 e. The van der Waals surface area contributed by atoms with E-state index < -0.39 is 18.2 Å². The van der Waals surface area contributed by atoms with Crippen molar-refractivity contribution in [2.45, 2.75) is 38.0 Å². The summed E-state index contributed by atoms with van der Waals surface area (Å²) in [6.45, 7) is -1.02. The number of amides is 2. The zero-order valence-electron chi connectivity index (χ0n) is 18.7. The van der Waals surface area contributed by atoms with Crippen LogP contribution in [0.5, 0.6) is 11.5 Å². The monoisotopic (exact) mass is 483 g/mol. The van der Waals surface area contributed by atoms with Crippen LogP contribution in [0.25, 0.3) is 0 Å². The fourth-order valence-corrected chi connectivity index (χ4v) is 3.36. The molecule has 9 nitrogen and oxygen atoms in total. The highest BCUT2D eigenvalue weighted by atomic mass is 19.3. The molecule has 35 heavy (non-hydrogen) atoms. The molecule has 0 radical (unpaired) electrons. The normalized spacial score (nSPS) is 14.5. The number of alkyl halides is 2. The third-order valence-corrected chi connectivity index (χ3v) is 5.40. The molecule has 0 saturated heterocycles. The zero-order chi connectivity index (χ0) is 24.8. The first kappa shape index (κ1) is 23.9. The first-order valence-corrected chi connectivity index (χ1v) is 10.8. The van der Waals surface area contributed by atoms with Gasteiger partial charge in [0.25, 0.3) is 0 Å². The Balaban J connectivity index is 1.29. The van der Waals surface area contributed by atoms with Gasteiger partial charge in [-0.05, 0) is 61.7 Å². The molecule has 0 spiro atoms. The van der Waals surface area contributed by atoms with Gasteiger partial charge in [-0.2, -0.15) is 8.78 Å². The molecule has 1 fully saturated rings. The molecule has 2 aromatic carbocycles. The van der Waals surface area contributed by atoms with Crippen LogP contribution in [0, 0.1) is 0 Å². The highest BCUT2D eigenvalue weighted by molar-refractivity contribution is 5.93. The van der Waals surface area contributed by atoms with Crippen LogP contribution in [0.3, 0.4) is 0 Å². The van der Waals surface area contributed by atoms with Gasteiger partial charge in [0, 0.05) is 11.4 Å². The molecular formula is C24H23F2N5O4. The third kappa shape index (κ3) is 6.40. The summed E-state index contributed by atoms with van der Waals surface area (Å²) in [6.07, 6.45) is 4.29. The molecule has 3 aromatic rings. The Kier molecular flexibility index (Phi) is 7.04. The van der Waals surface area contributed by atoms with Gasteiger partial charge in [0.1, 0.15) is 17.6 Å². The third-order valence-electron chi connectivity index (χ3n) is 5.40. The Labute approximate surface area is 199 Å². The maximum Gasteiger partial charge on any atom is 0.413 e. The van der Waals surface area contributed by atoms with Crippen LogP contribution in [0.2, 0.25) is 0 Å². The molecule has 1 aliphatic carbocycles. The number of anilines is 2. The van der Waals surface area contributed by atoms with Crippen LogP contribution in [-0.2, 0) is 4.79 Å². The first-order chi connectivity index (χ1) is 16.8. The highest BCUT2D eigenvalue weighted by Gasteiger charge is 2.52. The van der Waals surface area contributed by atoms with Crippen molar-refractivity contribution in [3.8, 4) is 11.5 Å². The summed E-state index contributed by atoms with van der Waals surface area (Å²) in [5.74, 6) is -0.0315. The molecule has 1 unspecified atom stereocenters. The van der Waals surface area contributed by atoms with E-state index in [1.54, 1.807) is 12.1 Å². The van der Waals surface area contributed by atoms with Crippen LogP contribution in [0.1, 0.15) is 31.4 Å². The lowest BCUT2D eigenvalue weighted by atomic mass is 10.1. The van der Waals surface area contributed by atoms with E-state index in [-0.39, 0.29) is 23.4 Å². The summed E-state index contributed by atoms with van der Waals surface area (Å²) in [5.41, 5.74) is 1.35. The van der Waals surface area contributed by atoms with E-state index in [0.29, 0.717) is 18.5 Å². The van der Waals surface area contributed by atoms with E-state index in [0.717, 1.165) is 11.3 Å². The number of nitrogens with one attached hydrogen (secondary N) is 3. The van der Waals surface area contributed by atoms with E-state index in [2.05, 4.69) is 30.7 Å². The second-order valence-corrected chi connectivity index (χ2v) is 8.02. The number of hydrogen-bond donors (Lipinski definition) is 3. The lowest BCUT2D eigenvalue weighted by Crippen LogP contribution is -2.50. The molecule has 4 rings (SSSR count). The quantitative estimate of drug-likeness (QED) is 0.415. The van der Waals surface area contributed by atoms with Crippen LogP contribution in [-0.4, -0.2) is 34.1 Å². The topological polar surface area (TPSA) is 114 Å². The van der Waals surface area contributed by atoms with Crippen molar-refractivity contribution in [2.75, 3.05) is 5.32 Å². The maximum atomic E-state index is 12.8. The molecule has 182 valence electrons. The summed E-state index contributed by atoms with van der Waals surface area (Å²) in [6, 6.07) is 13.3. The molecule has 1 heterocycles. The van der Waals surface area contributed by atoms with Crippen molar-refractivity contribution in [3.63, 3.8) is 0 Å². The van der Waals surface area contributed by atoms with Crippen molar-refractivity contribution in [2.24, 2.45) is 0 Å². The fraction of sp³-hybridized carbons (Fsp3) is 0.250. The lowest BCUT2D eigenvalue weighted by Gasteiger charge is -2.21. The van der Waals surface area contributed by atoms with E-state index in [1.165, 1.54) is 30.9 Å². The van der Waals surface area contributed by atoms with Gasteiger partial charge in [-0.25, -0.2) is 14.8 Å². The summed E-state index contributed by atoms with van der Waals surface area (Å²) in [4.78, 5) is 32.5. The first-order valence-electron chi connectivity index (χ1n) is 10.8. The van der Waals surface area contributed by atoms with Gasteiger partial charge in [-0.3, -0.25) is 4.79 Å². The number of ether oxygens (including phenoxy) is 2. The molecule has 3 N–H and O–H groups in total. The number of halogens is 2. The second-order valence-electron chi connectivity index (χ2n) is 8.02. The zero-order valence-corrected chi connectivity index (χ0v) is 18.7. The summed E-state index contributed by atoms with van der Waals surface area (Å²) >= 11 is 0. The predicted molar refractivity (Wildman–Crippen MR) is 123 cm³/mol. The molecule has 2 amide bonds. The summed E-state index contributed by atoms with van der Waals surface area (Å²) in [7, 11) is 0. The summed E-state index contributed by atoms with van der Waals surface area (Å²) < 4.78 is 34.0. The average Bonchev–Trinajstić information content (AvgIpc) is 3.61. The number of benzene rings is 2. The average molecular weight is 483 g/mol. The van der Waals surface area contributed by atoms with Crippen LogP contribution < -0.4 is 25.4 Å². The molecular weight excluding hydrogens is 460 g/mol. The minimum atomic E-state index is -2.87. The van der Waals surface area contributed by atoms with Gasteiger partial charge in [-0.1, -0.05) is 12.1 Å². The van der Waals surface area contributed by atoms with Crippen LogP contribution >= 0.6 is 0 Å². The molecule has 1 saturated carbocycles. The molecule has 1 atom stereocenters.